The van der Waals surface area contributed by atoms with Gasteiger partial charge in [-0.05, 0) is 49.2 Å². The number of anilines is 2. The largest absolute Gasteiger partial charge is 0.326 e. The Balaban J connectivity index is 1.55. The summed E-state index contributed by atoms with van der Waals surface area (Å²) in [6.07, 6.45) is 6.56. The van der Waals surface area contributed by atoms with E-state index in [0.717, 1.165) is 6.20 Å². The molecule has 0 aliphatic heterocycles. The fourth-order valence-electron chi connectivity index (χ4n) is 2.63. The number of carbonyl (C=O) groups excluding carboxylic acids is 2. The van der Waals surface area contributed by atoms with Crippen LogP contribution in [0, 0.1) is 5.82 Å². The number of halogens is 1. The van der Waals surface area contributed by atoms with Crippen LogP contribution in [0.4, 0.5) is 15.8 Å². The van der Waals surface area contributed by atoms with E-state index in [9.17, 15) is 14.0 Å². The predicted molar refractivity (Wildman–Crippen MR) is 103 cm³/mol. The van der Waals surface area contributed by atoms with Gasteiger partial charge in [-0.1, -0.05) is 6.07 Å². The van der Waals surface area contributed by atoms with Crippen LogP contribution in [0.5, 0.6) is 0 Å². The number of carbonyl (C=O) groups is 2. The van der Waals surface area contributed by atoms with Gasteiger partial charge in [0.2, 0.25) is 11.8 Å². The fourth-order valence-corrected chi connectivity index (χ4v) is 2.63. The Bertz CT molecular complexity index is 959. The number of hydrogen-bond acceptors (Lipinski definition) is 4. The SMILES string of the molecule is C[C@@H](C(=O)Nc1cccc(NC(=O)CCc2cncc(F)c2)c1)n1cccn1. The Labute approximate surface area is 161 Å². The molecule has 0 saturated heterocycles. The molecule has 144 valence electrons. The average Bonchev–Trinajstić information content (AvgIpc) is 3.21. The van der Waals surface area contributed by atoms with Crippen LogP contribution in [-0.4, -0.2) is 26.6 Å². The van der Waals surface area contributed by atoms with Crippen molar-refractivity contribution in [3.05, 3.63) is 72.6 Å². The molecule has 0 spiro atoms. The van der Waals surface area contributed by atoms with E-state index in [2.05, 4.69) is 20.7 Å². The molecule has 3 aromatic rings. The van der Waals surface area contributed by atoms with Crippen LogP contribution in [0.15, 0.2) is 61.2 Å². The second-order valence-corrected chi connectivity index (χ2v) is 6.29. The molecule has 0 saturated carbocycles. The number of rotatable bonds is 7. The van der Waals surface area contributed by atoms with Crippen molar-refractivity contribution in [1.82, 2.24) is 14.8 Å². The van der Waals surface area contributed by atoms with Gasteiger partial charge < -0.3 is 10.6 Å². The van der Waals surface area contributed by atoms with Crippen LogP contribution < -0.4 is 10.6 Å². The first-order valence-corrected chi connectivity index (χ1v) is 8.80. The number of nitrogens with one attached hydrogen (secondary N) is 2. The van der Waals surface area contributed by atoms with Crippen LogP contribution in [0.3, 0.4) is 0 Å². The Morgan fingerprint density at radius 2 is 1.93 bits per heavy atom. The van der Waals surface area contributed by atoms with E-state index in [1.165, 1.54) is 12.3 Å². The fraction of sp³-hybridized carbons (Fsp3) is 0.200. The van der Waals surface area contributed by atoms with Gasteiger partial charge >= 0.3 is 0 Å². The highest BCUT2D eigenvalue weighted by molar-refractivity contribution is 5.95. The van der Waals surface area contributed by atoms with Gasteiger partial charge in [-0.25, -0.2) is 4.39 Å². The number of aromatic nitrogens is 3. The lowest BCUT2D eigenvalue weighted by atomic mass is 10.1. The van der Waals surface area contributed by atoms with E-state index < -0.39 is 11.9 Å². The maximum atomic E-state index is 13.1. The van der Waals surface area contributed by atoms with Crippen molar-refractivity contribution in [3.63, 3.8) is 0 Å². The van der Waals surface area contributed by atoms with Crippen LogP contribution in [0.2, 0.25) is 0 Å². The lowest BCUT2D eigenvalue weighted by molar-refractivity contribution is -0.119. The summed E-state index contributed by atoms with van der Waals surface area (Å²) in [6.45, 7) is 1.75. The minimum Gasteiger partial charge on any atom is -0.326 e. The monoisotopic (exact) mass is 381 g/mol. The van der Waals surface area contributed by atoms with Crippen molar-refractivity contribution >= 4 is 23.2 Å². The molecule has 0 fully saturated rings. The lowest BCUT2D eigenvalue weighted by Crippen LogP contribution is -2.24. The zero-order chi connectivity index (χ0) is 19.9. The van der Waals surface area contributed by atoms with Gasteiger partial charge in [0.05, 0.1) is 6.20 Å². The number of benzene rings is 1. The molecule has 1 atom stereocenters. The third-order valence-electron chi connectivity index (χ3n) is 4.12. The molecule has 2 aromatic heterocycles. The van der Waals surface area contributed by atoms with Crippen LogP contribution in [0.25, 0.3) is 0 Å². The van der Waals surface area contributed by atoms with Crippen molar-refractivity contribution in [3.8, 4) is 0 Å². The van der Waals surface area contributed by atoms with Crippen molar-refractivity contribution in [2.24, 2.45) is 0 Å². The number of amides is 2. The highest BCUT2D eigenvalue weighted by atomic mass is 19.1. The zero-order valence-corrected chi connectivity index (χ0v) is 15.3. The highest BCUT2D eigenvalue weighted by Crippen LogP contribution is 2.17. The summed E-state index contributed by atoms with van der Waals surface area (Å²) in [4.78, 5) is 28.2. The maximum Gasteiger partial charge on any atom is 0.248 e. The summed E-state index contributed by atoms with van der Waals surface area (Å²) in [7, 11) is 0. The maximum absolute atomic E-state index is 13.1. The van der Waals surface area contributed by atoms with Gasteiger partial charge in [0.1, 0.15) is 11.9 Å². The topological polar surface area (TPSA) is 88.9 Å². The summed E-state index contributed by atoms with van der Waals surface area (Å²) < 4.78 is 14.7. The Kier molecular flexibility index (Phi) is 6.11. The highest BCUT2D eigenvalue weighted by Gasteiger charge is 2.15. The molecule has 2 N–H and O–H groups in total. The predicted octanol–water partition coefficient (Wildman–Crippen LogP) is 3.19. The normalized spacial score (nSPS) is 11.6. The molecule has 2 heterocycles. The molecular weight excluding hydrogens is 361 g/mol. The molecule has 28 heavy (non-hydrogen) atoms. The van der Waals surface area contributed by atoms with Crippen molar-refractivity contribution in [2.75, 3.05) is 10.6 Å². The molecular formula is C20H20FN5O2. The first-order chi connectivity index (χ1) is 13.5. The van der Waals surface area contributed by atoms with Gasteiger partial charge in [-0.2, -0.15) is 5.10 Å². The van der Waals surface area contributed by atoms with Crippen molar-refractivity contribution < 1.29 is 14.0 Å². The van der Waals surface area contributed by atoms with E-state index in [0.29, 0.717) is 23.4 Å². The van der Waals surface area contributed by atoms with E-state index >= 15 is 0 Å². The summed E-state index contributed by atoms with van der Waals surface area (Å²) >= 11 is 0. The lowest BCUT2D eigenvalue weighted by Gasteiger charge is -2.13. The molecule has 0 radical (unpaired) electrons. The summed E-state index contributed by atoms with van der Waals surface area (Å²) in [5, 5.41) is 9.64. The van der Waals surface area contributed by atoms with Gasteiger partial charge in [-0.15, -0.1) is 0 Å². The molecule has 0 unspecified atom stereocenters. The molecule has 3 rings (SSSR count). The van der Waals surface area contributed by atoms with Crippen LogP contribution in [-0.2, 0) is 16.0 Å². The van der Waals surface area contributed by atoms with E-state index in [4.69, 9.17) is 0 Å². The van der Waals surface area contributed by atoms with Gasteiger partial charge in [0.15, 0.2) is 0 Å². The molecule has 0 aliphatic rings. The first-order valence-electron chi connectivity index (χ1n) is 8.80. The van der Waals surface area contributed by atoms with Gasteiger partial charge in [-0.3, -0.25) is 19.3 Å². The summed E-state index contributed by atoms with van der Waals surface area (Å²) in [6, 6.07) is 9.52. The Hall–Kier alpha value is -3.55. The standard InChI is InChI=1S/C20H20FN5O2/c1-14(26-9-3-8-23-26)20(28)25-18-5-2-4-17(11-18)24-19(27)7-6-15-10-16(21)13-22-12-15/h2-5,8-14H,6-7H2,1H3,(H,24,27)(H,25,28)/t14-/m0/s1. The quantitative estimate of drug-likeness (QED) is 0.658. The van der Waals surface area contributed by atoms with E-state index in [-0.39, 0.29) is 18.2 Å². The Morgan fingerprint density at radius 1 is 1.14 bits per heavy atom. The number of pyridine rings is 1. The minimum absolute atomic E-state index is 0.193. The molecule has 1 aromatic carbocycles. The Morgan fingerprint density at radius 3 is 2.64 bits per heavy atom. The molecule has 0 bridgehead atoms. The summed E-state index contributed by atoms with van der Waals surface area (Å²) in [5.41, 5.74) is 1.78. The molecule has 7 nitrogen and oxygen atoms in total. The molecule has 0 aliphatic carbocycles. The second-order valence-electron chi connectivity index (χ2n) is 6.29. The molecule has 8 heteroatoms. The second kappa shape index (κ2) is 8.90. The average molecular weight is 381 g/mol. The van der Waals surface area contributed by atoms with E-state index in [1.54, 1.807) is 54.3 Å². The number of hydrogen-bond donors (Lipinski definition) is 2. The third-order valence-corrected chi connectivity index (χ3v) is 4.12. The summed E-state index contributed by atoms with van der Waals surface area (Å²) in [5.74, 6) is -0.853. The van der Waals surface area contributed by atoms with Gasteiger partial charge in [0.25, 0.3) is 0 Å². The number of aryl methyl sites for hydroxylation is 1. The smallest absolute Gasteiger partial charge is 0.248 e. The first kappa shape index (κ1) is 19.2. The van der Waals surface area contributed by atoms with E-state index in [1.807, 2.05) is 0 Å². The zero-order valence-electron chi connectivity index (χ0n) is 15.3. The van der Waals surface area contributed by atoms with Crippen molar-refractivity contribution in [2.45, 2.75) is 25.8 Å². The minimum atomic E-state index is -0.465. The van der Waals surface area contributed by atoms with Crippen LogP contribution >= 0.6 is 0 Å². The van der Waals surface area contributed by atoms with Gasteiger partial charge in [0, 0.05) is 36.4 Å². The van der Waals surface area contributed by atoms with Crippen molar-refractivity contribution in [1.29, 1.82) is 0 Å². The number of nitrogens with zero attached hydrogens (tertiary/aromatic N) is 3. The third kappa shape index (κ3) is 5.23. The molecule has 2 amide bonds. The van der Waals surface area contributed by atoms with Crippen LogP contribution in [0.1, 0.15) is 24.9 Å².